The minimum Gasteiger partial charge on any atom is -0.394 e. The maximum absolute atomic E-state index is 11.7. The minimum atomic E-state index is -0.409. The van der Waals surface area contributed by atoms with Gasteiger partial charge in [-0.1, -0.05) is 11.6 Å². The molecule has 0 aliphatic heterocycles. The van der Waals surface area contributed by atoms with Crippen LogP contribution in [0, 0.1) is 0 Å². The van der Waals surface area contributed by atoms with Crippen LogP contribution in [0.1, 0.15) is 0 Å². The highest BCUT2D eigenvalue weighted by molar-refractivity contribution is 6.32. The Bertz CT molecular complexity index is 438. The number of methoxy groups -OCH3 is 1. The van der Waals surface area contributed by atoms with Crippen LogP contribution in [-0.2, 0) is 11.3 Å². The Morgan fingerprint density at radius 1 is 1.47 bits per heavy atom. The fraction of sp³-hybridized carbons (Fsp3) is 0.636. The summed E-state index contributed by atoms with van der Waals surface area (Å²) in [5.74, 6) is 0. The zero-order chi connectivity index (χ0) is 14.1. The van der Waals surface area contributed by atoms with E-state index in [2.05, 4.69) is 15.7 Å². The smallest absolute Gasteiger partial charge is 0.287 e. The number of hydrogen-bond acceptors (Lipinski definition) is 6. The summed E-state index contributed by atoms with van der Waals surface area (Å²) in [6.45, 7) is 2.74. The van der Waals surface area contributed by atoms with Crippen LogP contribution >= 0.6 is 11.6 Å². The SMILES string of the molecule is COCCNCCNc1cnn(CCO)c(=O)c1Cl. The highest BCUT2D eigenvalue weighted by Crippen LogP contribution is 2.14. The molecule has 0 saturated carbocycles. The number of nitrogens with zero attached hydrogens (tertiary/aromatic N) is 2. The van der Waals surface area contributed by atoms with Crippen molar-refractivity contribution in [1.29, 1.82) is 0 Å². The lowest BCUT2D eigenvalue weighted by Crippen LogP contribution is -2.28. The van der Waals surface area contributed by atoms with E-state index in [-0.39, 0.29) is 18.2 Å². The number of nitrogens with one attached hydrogen (secondary N) is 2. The Hall–Kier alpha value is -1.15. The summed E-state index contributed by atoms with van der Waals surface area (Å²) in [5.41, 5.74) is 0.0856. The number of halogens is 1. The van der Waals surface area contributed by atoms with E-state index >= 15 is 0 Å². The molecule has 0 aliphatic carbocycles. The zero-order valence-corrected chi connectivity index (χ0v) is 11.6. The average molecular weight is 291 g/mol. The van der Waals surface area contributed by atoms with Crippen LogP contribution in [0.2, 0.25) is 5.02 Å². The van der Waals surface area contributed by atoms with Gasteiger partial charge in [0.2, 0.25) is 0 Å². The zero-order valence-electron chi connectivity index (χ0n) is 10.9. The second kappa shape index (κ2) is 8.87. The van der Waals surface area contributed by atoms with Crippen LogP contribution in [0.25, 0.3) is 0 Å². The third-order valence-electron chi connectivity index (χ3n) is 2.40. The van der Waals surface area contributed by atoms with Gasteiger partial charge < -0.3 is 20.5 Å². The molecule has 0 aromatic carbocycles. The van der Waals surface area contributed by atoms with Gasteiger partial charge in [-0.25, -0.2) is 4.68 Å². The second-order valence-corrected chi connectivity index (χ2v) is 4.17. The van der Waals surface area contributed by atoms with Crippen molar-refractivity contribution in [3.63, 3.8) is 0 Å². The lowest BCUT2D eigenvalue weighted by molar-refractivity contribution is 0.200. The van der Waals surface area contributed by atoms with Gasteiger partial charge in [-0.05, 0) is 0 Å². The van der Waals surface area contributed by atoms with Crippen molar-refractivity contribution in [2.45, 2.75) is 6.54 Å². The van der Waals surface area contributed by atoms with Gasteiger partial charge in [0.25, 0.3) is 5.56 Å². The van der Waals surface area contributed by atoms with Gasteiger partial charge in [-0.15, -0.1) is 0 Å². The molecule has 0 unspecified atom stereocenters. The normalized spacial score (nSPS) is 10.7. The Morgan fingerprint density at radius 2 is 2.26 bits per heavy atom. The lowest BCUT2D eigenvalue weighted by atomic mass is 10.4. The highest BCUT2D eigenvalue weighted by atomic mass is 35.5. The summed E-state index contributed by atoms with van der Waals surface area (Å²) in [4.78, 5) is 11.7. The van der Waals surface area contributed by atoms with E-state index in [1.807, 2.05) is 0 Å². The molecule has 1 aromatic rings. The molecule has 0 radical (unpaired) electrons. The van der Waals surface area contributed by atoms with Crippen molar-refractivity contribution < 1.29 is 9.84 Å². The van der Waals surface area contributed by atoms with Crippen molar-refractivity contribution in [2.75, 3.05) is 45.3 Å². The molecule has 0 saturated heterocycles. The van der Waals surface area contributed by atoms with E-state index in [1.165, 1.54) is 6.20 Å². The molecule has 1 heterocycles. The summed E-state index contributed by atoms with van der Waals surface area (Å²) in [6, 6.07) is 0. The fourth-order valence-electron chi connectivity index (χ4n) is 1.43. The van der Waals surface area contributed by atoms with Gasteiger partial charge in [0, 0.05) is 26.7 Å². The Kier molecular flexibility index (Phi) is 7.42. The number of rotatable bonds is 9. The first kappa shape index (κ1) is 15.9. The van der Waals surface area contributed by atoms with E-state index in [1.54, 1.807) is 7.11 Å². The largest absolute Gasteiger partial charge is 0.394 e. The second-order valence-electron chi connectivity index (χ2n) is 3.79. The van der Waals surface area contributed by atoms with E-state index in [0.717, 1.165) is 17.8 Å². The molecule has 0 bridgehead atoms. The molecule has 108 valence electrons. The van der Waals surface area contributed by atoms with Gasteiger partial charge >= 0.3 is 0 Å². The molecule has 3 N–H and O–H groups in total. The molecule has 8 heteroatoms. The number of hydrogen-bond donors (Lipinski definition) is 3. The van der Waals surface area contributed by atoms with Crippen molar-refractivity contribution in [1.82, 2.24) is 15.1 Å². The van der Waals surface area contributed by atoms with E-state index in [0.29, 0.717) is 18.8 Å². The molecule has 0 fully saturated rings. The first-order valence-electron chi connectivity index (χ1n) is 6.00. The van der Waals surface area contributed by atoms with Crippen molar-refractivity contribution in [2.24, 2.45) is 0 Å². The quantitative estimate of drug-likeness (QED) is 0.533. The summed E-state index contributed by atoms with van der Waals surface area (Å²) < 4.78 is 6.03. The van der Waals surface area contributed by atoms with Crippen LogP contribution in [0.4, 0.5) is 5.69 Å². The van der Waals surface area contributed by atoms with Crippen LogP contribution < -0.4 is 16.2 Å². The Balaban J connectivity index is 2.46. The molecule has 1 aromatic heterocycles. The number of aromatic nitrogens is 2. The van der Waals surface area contributed by atoms with Crippen LogP contribution in [0.15, 0.2) is 11.0 Å². The van der Waals surface area contributed by atoms with E-state index in [9.17, 15) is 4.79 Å². The van der Waals surface area contributed by atoms with Crippen LogP contribution in [0.5, 0.6) is 0 Å². The molecule has 7 nitrogen and oxygen atoms in total. The van der Waals surface area contributed by atoms with Crippen LogP contribution in [-0.4, -0.2) is 54.8 Å². The van der Waals surface area contributed by atoms with E-state index in [4.69, 9.17) is 21.4 Å². The van der Waals surface area contributed by atoms with Crippen molar-refractivity contribution in [3.05, 3.63) is 21.6 Å². The predicted molar refractivity (Wildman–Crippen MR) is 73.8 cm³/mol. The molecule has 0 atom stereocenters. The number of aliphatic hydroxyl groups is 1. The predicted octanol–water partition coefficient (Wildman–Crippen LogP) is -0.463. The van der Waals surface area contributed by atoms with Gasteiger partial charge in [0.05, 0.1) is 31.6 Å². The fourth-order valence-corrected chi connectivity index (χ4v) is 1.64. The summed E-state index contributed by atoms with van der Waals surface area (Å²) in [6.07, 6.45) is 1.48. The van der Waals surface area contributed by atoms with Crippen molar-refractivity contribution in [3.8, 4) is 0 Å². The highest BCUT2D eigenvalue weighted by Gasteiger charge is 2.08. The Morgan fingerprint density at radius 3 is 2.95 bits per heavy atom. The molecule has 0 spiro atoms. The molecule has 1 rings (SSSR count). The van der Waals surface area contributed by atoms with Crippen molar-refractivity contribution >= 4 is 17.3 Å². The van der Waals surface area contributed by atoms with E-state index < -0.39 is 5.56 Å². The van der Waals surface area contributed by atoms with Gasteiger partial charge in [-0.3, -0.25) is 4.79 Å². The summed E-state index contributed by atoms with van der Waals surface area (Å²) in [7, 11) is 1.65. The molecule has 19 heavy (non-hydrogen) atoms. The third-order valence-corrected chi connectivity index (χ3v) is 2.76. The topological polar surface area (TPSA) is 88.4 Å². The standard InChI is InChI=1S/C11H19ClN4O3/c1-19-7-4-13-2-3-14-9-8-15-16(5-6-17)11(18)10(9)12/h8,13-14,17H,2-7H2,1H3. The number of aliphatic hydroxyl groups excluding tert-OH is 1. The number of ether oxygens (including phenoxy) is 1. The van der Waals surface area contributed by atoms with Gasteiger partial charge in [0.1, 0.15) is 5.02 Å². The Labute approximate surface area is 116 Å². The maximum atomic E-state index is 11.7. The summed E-state index contributed by atoms with van der Waals surface area (Å²) >= 11 is 5.94. The molecular formula is C11H19ClN4O3. The summed E-state index contributed by atoms with van der Waals surface area (Å²) in [5, 5.41) is 19.0. The molecular weight excluding hydrogens is 272 g/mol. The monoisotopic (exact) mass is 290 g/mol. The maximum Gasteiger partial charge on any atom is 0.287 e. The first-order chi connectivity index (χ1) is 9.20. The van der Waals surface area contributed by atoms with Gasteiger partial charge in [0.15, 0.2) is 0 Å². The number of anilines is 1. The van der Waals surface area contributed by atoms with Gasteiger partial charge in [-0.2, -0.15) is 5.10 Å². The first-order valence-corrected chi connectivity index (χ1v) is 6.38. The molecule has 0 aliphatic rings. The van der Waals surface area contributed by atoms with Crippen LogP contribution in [0.3, 0.4) is 0 Å². The lowest BCUT2D eigenvalue weighted by Gasteiger charge is -2.10. The average Bonchev–Trinajstić information content (AvgIpc) is 2.41. The minimum absolute atomic E-state index is 0.0836. The molecule has 0 amide bonds. The third kappa shape index (κ3) is 5.15.